The standard InChI is InChI=1S/C16H20FN3O/c17-15-6-2-1-4-13(15)12-20-8-7-19-16(20)11-18-10-14-5-3-9-21-14/h1-2,4,6-8,14,18H,3,5,9-12H2/p+1/t14-/m0/s1. The zero-order chi connectivity index (χ0) is 14.5. The van der Waals surface area contributed by atoms with Gasteiger partial charge in [0.1, 0.15) is 25.0 Å². The van der Waals surface area contributed by atoms with E-state index in [0.29, 0.717) is 18.2 Å². The maximum Gasteiger partial charge on any atom is 0.164 e. The zero-order valence-electron chi connectivity index (χ0n) is 12.0. The van der Waals surface area contributed by atoms with Crippen molar-refractivity contribution in [1.29, 1.82) is 0 Å². The second-order valence-electron chi connectivity index (χ2n) is 5.43. The van der Waals surface area contributed by atoms with Gasteiger partial charge in [-0.15, -0.1) is 0 Å². The van der Waals surface area contributed by atoms with Crippen molar-refractivity contribution in [3.8, 4) is 0 Å². The third-order valence-corrected chi connectivity index (χ3v) is 3.88. The molecule has 0 spiro atoms. The Hall–Kier alpha value is -1.72. The number of aromatic nitrogens is 2. The molecule has 1 aliphatic rings. The maximum absolute atomic E-state index is 13.7. The van der Waals surface area contributed by atoms with Gasteiger partial charge in [-0.25, -0.2) is 9.37 Å². The third kappa shape index (κ3) is 3.68. The van der Waals surface area contributed by atoms with Crippen molar-refractivity contribution in [1.82, 2.24) is 9.55 Å². The van der Waals surface area contributed by atoms with Gasteiger partial charge in [-0.2, -0.15) is 0 Å². The topological polar surface area (TPSA) is 43.7 Å². The number of nitrogens with zero attached hydrogens (tertiary/aromatic N) is 2. The van der Waals surface area contributed by atoms with Gasteiger partial charge < -0.3 is 14.6 Å². The van der Waals surface area contributed by atoms with E-state index in [-0.39, 0.29) is 5.82 Å². The van der Waals surface area contributed by atoms with Crippen LogP contribution < -0.4 is 5.32 Å². The van der Waals surface area contributed by atoms with Crippen molar-refractivity contribution in [2.24, 2.45) is 0 Å². The summed E-state index contributed by atoms with van der Waals surface area (Å²) in [5.41, 5.74) is 0.691. The molecule has 0 unspecified atom stereocenters. The zero-order valence-corrected chi connectivity index (χ0v) is 12.0. The van der Waals surface area contributed by atoms with Gasteiger partial charge in [-0.05, 0) is 18.9 Å². The fourth-order valence-electron chi connectivity index (χ4n) is 2.71. The van der Waals surface area contributed by atoms with Gasteiger partial charge in [0.15, 0.2) is 5.82 Å². The van der Waals surface area contributed by atoms with Crippen molar-refractivity contribution >= 4 is 0 Å². The molecule has 2 N–H and O–H groups in total. The van der Waals surface area contributed by atoms with Crippen LogP contribution in [0.4, 0.5) is 4.39 Å². The number of quaternary nitrogens is 1. The summed E-state index contributed by atoms with van der Waals surface area (Å²) in [4.78, 5) is 4.37. The molecule has 1 fully saturated rings. The highest BCUT2D eigenvalue weighted by Crippen LogP contribution is 2.10. The van der Waals surface area contributed by atoms with Crippen LogP contribution in [0, 0.1) is 5.82 Å². The lowest BCUT2D eigenvalue weighted by Crippen LogP contribution is -2.85. The fraction of sp³-hybridized carbons (Fsp3) is 0.438. The first-order valence-electron chi connectivity index (χ1n) is 7.49. The van der Waals surface area contributed by atoms with Gasteiger partial charge in [0.2, 0.25) is 0 Å². The predicted octanol–water partition coefficient (Wildman–Crippen LogP) is 1.31. The summed E-state index contributed by atoms with van der Waals surface area (Å²) < 4.78 is 21.3. The molecule has 1 saturated heterocycles. The van der Waals surface area contributed by atoms with E-state index in [0.717, 1.165) is 31.9 Å². The Kier molecular flexibility index (Phi) is 4.62. The number of nitrogens with two attached hydrogens (primary N) is 1. The van der Waals surface area contributed by atoms with E-state index in [1.165, 1.54) is 12.5 Å². The second-order valence-corrected chi connectivity index (χ2v) is 5.43. The average Bonchev–Trinajstić information content (AvgIpc) is 3.14. The van der Waals surface area contributed by atoms with Crippen molar-refractivity contribution in [3.63, 3.8) is 0 Å². The Balaban J connectivity index is 1.57. The SMILES string of the molecule is Fc1ccccc1Cn1ccnc1C[NH2+]C[C@@H]1CCCO1. The minimum absolute atomic E-state index is 0.166. The summed E-state index contributed by atoms with van der Waals surface area (Å²) in [5, 5.41) is 2.22. The maximum atomic E-state index is 13.7. The molecule has 0 aliphatic carbocycles. The molecule has 2 heterocycles. The first-order valence-corrected chi connectivity index (χ1v) is 7.49. The molecule has 4 nitrogen and oxygen atoms in total. The van der Waals surface area contributed by atoms with E-state index < -0.39 is 0 Å². The van der Waals surface area contributed by atoms with Crippen LogP contribution in [0.2, 0.25) is 0 Å². The molecule has 0 amide bonds. The Morgan fingerprint density at radius 3 is 3.10 bits per heavy atom. The van der Waals surface area contributed by atoms with Crippen LogP contribution in [0.15, 0.2) is 36.7 Å². The number of ether oxygens (including phenoxy) is 1. The molecule has 21 heavy (non-hydrogen) atoms. The van der Waals surface area contributed by atoms with Crippen LogP contribution in [0.5, 0.6) is 0 Å². The Morgan fingerprint density at radius 2 is 2.29 bits per heavy atom. The predicted molar refractivity (Wildman–Crippen MR) is 77.2 cm³/mol. The Labute approximate surface area is 124 Å². The lowest BCUT2D eigenvalue weighted by molar-refractivity contribution is -0.677. The Morgan fingerprint density at radius 1 is 1.38 bits per heavy atom. The monoisotopic (exact) mass is 290 g/mol. The highest BCUT2D eigenvalue weighted by atomic mass is 19.1. The summed E-state index contributed by atoms with van der Waals surface area (Å²) in [6, 6.07) is 6.88. The first-order chi connectivity index (χ1) is 10.3. The molecule has 5 heteroatoms. The van der Waals surface area contributed by atoms with E-state index in [2.05, 4.69) is 10.3 Å². The fourth-order valence-corrected chi connectivity index (χ4v) is 2.71. The van der Waals surface area contributed by atoms with Crippen LogP contribution >= 0.6 is 0 Å². The summed E-state index contributed by atoms with van der Waals surface area (Å²) in [6.45, 7) is 3.17. The summed E-state index contributed by atoms with van der Waals surface area (Å²) in [5.74, 6) is 0.803. The van der Waals surface area contributed by atoms with Gasteiger partial charge in [-0.3, -0.25) is 0 Å². The van der Waals surface area contributed by atoms with Gasteiger partial charge in [-0.1, -0.05) is 18.2 Å². The van der Waals surface area contributed by atoms with Crippen LogP contribution in [0.25, 0.3) is 0 Å². The van der Waals surface area contributed by atoms with Crippen LogP contribution in [-0.2, 0) is 17.8 Å². The number of hydrogen-bond acceptors (Lipinski definition) is 2. The quantitative estimate of drug-likeness (QED) is 0.872. The number of imidazole rings is 1. The van der Waals surface area contributed by atoms with Gasteiger partial charge in [0.25, 0.3) is 0 Å². The molecule has 1 aromatic heterocycles. The van der Waals surface area contributed by atoms with Crippen LogP contribution in [-0.4, -0.2) is 28.8 Å². The molecular formula is C16H21FN3O+. The molecule has 0 bridgehead atoms. The second kappa shape index (κ2) is 6.83. The highest BCUT2D eigenvalue weighted by molar-refractivity contribution is 5.18. The molecular weight excluding hydrogens is 269 g/mol. The molecule has 2 aromatic rings. The molecule has 1 atom stereocenters. The van der Waals surface area contributed by atoms with E-state index in [9.17, 15) is 4.39 Å². The summed E-state index contributed by atoms with van der Waals surface area (Å²) in [6.07, 6.45) is 6.37. The van der Waals surface area contributed by atoms with Crippen molar-refractivity contribution < 1.29 is 14.4 Å². The van der Waals surface area contributed by atoms with Gasteiger partial charge >= 0.3 is 0 Å². The highest BCUT2D eigenvalue weighted by Gasteiger charge is 2.17. The normalized spacial score (nSPS) is 18.2. The number of hydrogen-bond donors (Lipinski definition) is 1. The number of halogens is 1. The van der Waals surface area contributed by atoms with Crippen molar-refractivity contribution in [3.05, 3.63) is 53.9 Å². The van der Waals surface area contributed by atoms with Crippen LogP contribution in [0.3, 0.4) is 0 Å². The third-order valence-electron chi connectivity index (χ3n) is 3.88. The van der Waals surface area contributed by atoms with Crippen molar-refractivity contribution in [2.45, 2.75) is 32.0 Å². The number of rotatable bonds is 6. The van der Waals surface area contributed by atoms with Crippen LogP contribution in [0.1, 0.15) is 24.2 Å². The van der Waals surface area contributed by atoms with E-state index in [1.54, 1.807) is 12.3 Å². The molecule has 112 valence electrons. The smallest absolute Gasteiger partial charge is 0.164 e. The lowest BCUT2D eigenvalue weighted by Gasteiger charge is -2.10. The van der Waals surface area contributed by atoms with Crippen molar-refractivity contribution in [2.75, 3.05) is 13.2 Å². The first kappa shape index (κ1) is 14.2. The number of benzene rings is 1. The minimum atomic E-state index is -0.166. The van der Waals surface area contributed by atoms with E-state index >= 15 is 0 Å². The van der Waals surface area contributed by atoms with E-state index in [1.807, 2.05) is 22.9 Å². The average molecular weight is 290 g/mol. The largest absolute Gasteiger partial charge is 0.372 e. The molecule has 1 aliphatic heterocycles. The summed E-state index contributed by atoms with van der Waals surface area (Å²) in [7, 11) is 0. The molecule has 1 aromatic carbocycles. The van der Waals surface area contributed by atoms with Gasteiger partial charge in [0.05, 0.1) is 6.54 Å². The summed E-state index contributed by atoms with van der Waals surface area (Å²) >= 11 is 0. The molecule has 3 rings (SSSR count). The van der Waals surface area contributed by atoms with Gasteiger partial charge in [0, 0.05) is 24.6 Å². The minimum Gasteiger partial charge on any atom is -0.372 e. The Bertz CT molecular complexity index is 578. The molecule has 0 radical (unpaired) electrons. The molecule has 0 saturated carbocycles. The van der Waals surface area contributed by atoms with E-state index in [4.69, 9.17) is 4.74 Å². The lowest BCUT2D eigenvalue weighted by atomic mass is 10.2.